The predicted molar refractivity (Wildman–Crippen MR) is 112 cm³/mol. The molecule has 1 amide bonds. The van der Waals surface area contributed by atoms with Gasteiger partial charge in [0, 0.05) is 25.4 Å². The van der Waals surface area contributed by atoms with Crippen LogP contribution < -0.4 is 16.0 Å². The third-order valence-electron chi connectivity index (χ3n) is 5.16. The highest BCUT2D eigenvalue weighted by Crippen LogP contribution is 2.40. The average molecular weight is 382 g/mol. The van der Waals surface area contributed by atoms with Crippen LogP contribution in [0.25, 0.3) is 0 Å². The lowest BCUT2D eigenvalue weighted by Gasteiger charge is -2.37. The third-order valence-corrected chi connectivity index (χ3v) is 5.16. The smallest absolute Gasteiger partial charge is 0.239 e. The second kappa shape index (κ2) is 7.51. The molecule has 0 bridgehead atoms. The van der Waals surface area contributed by atoms with Crippen molar-refractivity contribution in [2.45, 2.75) is 58.7 Å². The van der Waals surface area contributed by atoms with E-state index in [1.165, 1.54) is 5.56 Å². The van der Waals surface area contributed by atoms with E-state index in [0.29, 0.717) is 5.95 Å². The summed E-state index contributed by atoms with van der Waals surface area (Å²) in [7, 11) is 2.00. The summed E-state index contributed by atoms with van der Waals surface area (Å²) in [4.78, 5) is 23.9. The van der Waals surface area contributed by atoms with Crippen LogP contribution in [0.4, 0.5) is 5.95 Å². The maximum Gasteiger partial charge on any atom is 0.239 e. The Balaban J connectivity index is 1.85. The number of carbonyl (C=O) groups is 1. The lowest BCUT2D eigenvalue weighted by molar-refractivity contribution is -0.126. The summed E-state index contributed by atoms with van der Waals surface area (Å²) in [5.41, 5.74) is 8.29. The number of nitrogens with two attached hydrogens (primary N) is 1. The summed E-state index contributed by atoms with van der Waals surface area (Å²) >= 11 is 0. The van der Waals surface area contributed by atoms with Gasteiger partial charge in [-0.15, -0.1) is 0 Å². The van der Waals surface area contributed by atoms with Crippen molar-refractivity contribution in [1.82, 2.24) is 15.3 Å². The summed E-state index contributed by atoms with van der Waals surface area (Å²) < 4.78 is 0. The largest absolute Gasteiger partial charge is 0.348 e. The Morgan fingerprint density at radius 3 is 2.64 bits per heavy atom. The van der Waals surface area contributed by atoms with Crippen molar-refractivity contribution < 1.29 is 4.79 Å². The fourth-order valence-corrected chi connectivity index (χ4v) is 3.62. The molecule has 0 fully saturated rings. The number of carbonyl (C=O) groups excluding carboxylic acids is 1. The van der Waals surface area contributed by atoms with Crippen LogP contribution in [-0.2, 0) is 17.8 Å². The highest BCUT2D eigenvalue weighted by molar-refractivity contribution is 5.85. The van der Waals surface area contributed by atoms with E-state index in [2.05, 4.69) is 36.3 Å². The van der Waals surface area contributed by atoms with Gasteiger partial charge in [0.05, 0.1) is 17.3 Å². The van der Waals surface area contributed by atoms with Gasteiger partial charge >= 0.3 is 0 Å². The maximum atomic E-state index is 12.4. The van der Waals surface area contributed by atoms with Crippen LogP contribution in [-0.4, -0.2) is 28.5 Å². The predicted octanol–water partition coefficient (Wildman–Crippen LogP) is 2.98. The molecule has 0 saturated carbocycles. The van der Waals surface area contributed by atoms with Crippen molar-refractivity contribution in [2.75, 3.05) is 11.9 Å². The fourth-order valence-electron chi connectivity index (χ4n) is 3.62. The molecular formula is C22H31N5O. The molecule has 1 aromatic carbocycles. The Morgan fingerprint density at radius 1 is 1.32 bits per heavy atom. The van der Waals surface area contributed by atoms with Gasteiger partial charge in [0.25, 0.3) is 0 Å². The standard InChI is InChI=1S/C22H31N5O/c1-21(2)11-17(25-19(28)22(3,4)23)16-13-24-20(26-18(16)12-21)27(5)14-15-9-7-6-8-10-15/h6-10,13,17H,11-12,14,23H2,1-5H3,(H,25,28)/t17-/m1/s1. The maximum absolute atomic E-state index is 12.4. The lowest BCUT2D eigenvalue weighted by atomic mass is 9.74. The van der Waals surface area contributed by atoms with Gasteiger partial charge in [0.1, 0.15) is 0 Å². The lowest BCUT2D eigenvalue weighted by Crippen LogP contribution is -2.51. The van der Waals surface area contributed by atoms with Crippen LogP contribution in [0, 0.1) is 5.41 Å². The second-order valence-corrected chi connectivity index (χ2v) is 9.21. The quantitative estimate of drug-likeness (QED) is 0.832. The Kier molecular flexibility index (Phi) is 5.44. The van der Waals surface area contributed by atoms with Crippen LogP contribution in [0.3, 0.4) is 0 Å². The highest BCUT2D eigenvalue weighted by Gasteiger charge is 2.36. The molecule has 150 valence electrons. The van der Waals surface area contributed by atoms with Gasteiger partial charge in [-0.3, -0.25) is 4.79 Å². The van der Waals surface area contributed by atoms with Gasteiger partial charge in [-0.25, -0.2) is 9.97 Å². The topological polar surface area (TPSA) is 84.1 Å². The molecule has 6 heteroatoms. The van der Waals surface area contributed by atoms with Crippen molar-refractivity contribution in [3.05, 3.63) is 53.3 Å². The van der Waals surface area contributed by atoms with Gasteiger partial charge in [0.2, 0.25) is 11.9 Å². The Labute approximate surface area is 167 Å². The van der Waals surface area contributed by atoms with E-state index in [9.17, 15) is 4.79 Å². The molecule has 1 heterocycles. The Morgan fingerprint density at radius 2 is 2.00 bits per heavy atom. The number of amides is 1. The zero-order chi connectivity index (χ0) is 20.5. The zero-order valence-electron chi connectivity index (χ0n) is 17.5. The number of anilines is 1. The first-order chi connectivity index (χ1) is 13.0. The van der Waals surface area contributed by atoms with E-state index in [-0.39, 0.29) is 17.4 Å². The molecule has 0 radical (unpaired) electrons. The van der Waals surface area contributed by atoms with Crippen molar-refractivity contribution in [3.63, 3.8) is 0 Å². The number of fused-ring (bicyclic) bond motifs is 1. The summed E-state index contributed by atoms with van der Waals surface area (Å²) in [5.74, 6) is 0.538. The van der Waals surface area contributed by atoms with Crippen molar-refractivity contribution >= 4 is 11.9 Å². The van der Waals surface area contributed by atoms with E-state index in [1.807, 2.05) is 36.3 Å². The molecule has 1 aliphatic carbocycles. The third kappa shape index (κ3) is 4.68. The van der Waals surface area contributed by atoms with Gasteiger partial charge < -0.3 is 16.0 Å². The molecule has 1 atom stereocenters. The van der Waals surface area contributed by atoms with Crippen LogP contribution in [0.15, 0.2) is 36.5 Å². The van der Waals surface area contributed by atoms with Crippen LogP contribution >= 0.6 is 0 Å². The second-order valence-electron chi connectivity index (χ2n) is 9.21. The monoisotopic (exact) mass is 381 g/mol. The normalized spacial score (nSPS) is 18.3. The van der Waals surface area contributed by atoms with E-state index in [1.54, 1.807) is 13.8 Å². The highest BCUT2D eigenvalue weighted by atomic mass is 16.2. The molecule has 3 N–H and O–H groups in total. The minimum absolute atomic E-state index is 0.0350. The Hall–Kier alpha value is -2.47. The summed E-state index contributed by atoms with van der Waals surface area (Å²) in [5, 5.41) is 3.10. The average Bonchev–Trinajstić information content (AvgIpc) is 2.60. The van der Waals surface area contributed by atoms with Gasteiger partial charge in [0.15, 0.2) is 0 Å². The van der Waals surface area contributed by atoms with E-state index >= 15 is 0 Å². The molecular weight excluding hydrogens is 350 g/mol. The van der Waals surface area contributed by atoms with Crippen LogP contribution in [0.2, 0.25) is 0 Å². The molecule has 0 spiro atoms. The summed E-state index contributed by atoms with van der Waals surface area (Å²) in [6, 6.07) is 10.1. The summed E-state index contributed by atoms with van der Waals surface area (Å²) in [6.07, 6.45) is 3.56. The molecule has 1 aliphatic rings. The van der Waals surface area contributed by atoms with E-state index in [4.69, 9.17) is 10.7 Å². The van der Waals surface area contributed by atoms with Gasteiger partial charge in [-0.05, 0) is 37.7 Å². The molecule has 0 aliphatic heterocycles. The van der Waals surface area contributed by atoms with Crippen LogP contribution in [0.1, 0.15) is 57.0 Å². The molecule has 6 nitrogen and oxygen atoms in total. The Bertz CT molecular complexity index is 842. The first kappa shape index (κ1) is 20.3. The fraction of sp³-hybridized carbons (Fsp3) is 0.500. The van der Waals surface area contributed by atoms with Crippen molar-refractivity contribution in [2.24, 2.45) is 11.1 Å². The zero-order valence-corrected chi connectivity index (χ0v) is 17.5. The van der Waals surface area contributed by atoms with Gasteiger partial charge in [-0.1, -0.05) is 44.2 Å². The SMILES string of the molecule is CN(Cc1ccccc1)c1ncc2c(n1)CC(C)(C)C[C@H]2NC(=O)C(C)(C)N. The number of hydrogen-bond acceptors (Lipinski definition) is 5. The number of hydrogen-bond donors (Lipinski definition) is 2. The number of aromatic nitrogens is 2. The van der Waals surface area contributed by atoms with E-state index in [0.717, 1.165) is 30.6 Å². The number of benzene rings is 1. The first-order valence-corrected chi connectivity index (χ1v) is 9.76. The molecule has 0 saturated heterocycles. The minimum atomic E-state index is -0.918. The molecule has 1 aromatic heterocycles. The first-order valence-electron chi connectivity index (χ1n) is 9.76. The minimum Gasteiger partial charge on any atom is -0.348 e. The van der Waals surface area contributed by atoms with Crippen LogP contribution in [0.5, 0.6) is 0 Å². The molecule has 2 aromatic rings. The van der Waals surface area contributed by atoms with Crippen molar-refractivity contribution in [3.8, 4) is 0 Å². The van der Waals surface area contributed by atoms with E-state index < -0.39 is 5.54 Å². The van der Waals surface area contributed by atoms with Gasteiger partial charge in [-0.2, -0.15) is 0 Å². The summed E-state index contributed by atoms with van der Waals surface area (Å²) in [6.45, 7) is 8.59. The number of nitrogens with one attached hydrogen (secondary N) is 1. The molecule has 28 heavy (non-hydrogen) atoms. The number of nitrogens with zero attached hydrogens (tertiary/aromatic N) is 3. The number of rotatable bonds is 5. The molecule has 0 unspecified atom stereocenters. The molecule has 3 rings (SSSR count). The van der Waals surface area contributed by atoms with Crippen molar-refractivity contribution in [1.29, 1.82) is 0 Å².